The summed E-state index contributed by atoms with van der Waals surface area (Å²) in [5.74, 6) is 0. The van der Waals surface area contributed by atoms with Gasteiger partial charge < -0.3 is 4.72 Å². The van der Waals surface area contributed by atoms with Crippen LogP contribution in [0, 0.1) is 16.5 Å². The first-order valence-corrected chi connectivity index (χ1v) is 5.12. The molecule has 0 amide bonds. The Kier molecular flexibility index (Phi) is 2.35. The first-order valence-electron chi connectivity index (χ1n) is 3.42. The van der Waals surface area contributed by atoms with Crippen molar-refractivity contribution in [1.82, 2.24) is 0 Å². The number of anilines is 1. The lowest BCUT2D eigenvalue weighted by Crippen LogP contribution is -2.18. The van der Waals surface area contributed by atoms with Crippen LogP contribution in [0.5, 0.6) is 0 Å². The van der Waals surface area contributed by atoms with Crippen LogP contribution in [-0.2, 0) is 9.99 Å². The minimum Gasteiger partial charge on any atom is -0.303 e. The zero-order valence-corrected chi connectivity index (χ0v) is 7.61. The first-order chi connectivity index (χ1) is 5.47. The van der Waals surface area contributed by atoms with Crippen LogP contribution in [0.15, 0.2) is 24.3 Å². The third kappa shape index (κ3) is 2.89. The van der Waals surface area contributed by atoms with Gasteiger partial charge in [-0.3, -0.25) is 0 Å². The third-order valence-corrected chi connectivity index (χ3v) is 1.89. The van der Waals surface area contributed by atoms with E-state index >= 15 is 0 Å². The van der Waals surface area contributed by atoms with E-state index in [-0.39, 0.29) is 0 Å². The van der Waals surface area contributed by atoms with Crippen molar-refractivity contribution < 1.29 is 0 Å². The van der Waals surface area contributed by atoms with Crippen molar-refractivity contribution in [3.63, 3.8) is 0 Å². The number of benzene rings is 1. The Morgan fingerprint density at radius 3 is 2.17 bits per heavy atom. The smallest absolute Gasteiger partial charge is 0.0766 e. The summed E-state index contributed by atoms with van der Waals surface area (Å²) in [7, 11) is -2.64. The van der Waals surface area contributed by atoms with E-state index in [1.807, 2.05) is 31.2 Å². The Balaban J connectivity index is 2.85. The van der Waals surface area contributed by atoms with Gasteiger partial charge in [0, 0.05) is 5.69 Å². The van der Waals surface area contributed by atoms with Crippen molar-refractivity contribution in [3.8, 4) is 0 Å². The lowest BCUT2D eigenvalue weighted by Gasteiger charge is -2.07. The highest BCUT2D eigenvalue weighted by Crippen LogP contribution is 2.09. The number of hydrogen-bond acceptors (Lipinski definition) is 2. The van der Waals surface area contributed by atoms with Gasteiger partial charge >= 0.3 is 0 Å². The van der Waals surface area contributed by atoms with Crippen molar-refractivity contribution in [3.05, 3.63) is 29.8 Å². The highest BCUT2D eigenvalue weighted by Gasteiger charge is 1.93. The van der Waals surface area contributed by atoms with Crippen molar-refractivity contribution in [2.45, 2.75) is 6.92 Å². The van der Waals surface area contributed by atoms with E-state index in [1.54, 1.807) is 0 Å². The first kappa shape index (κ1) is 9.02. The van der Waals surface area contributed by atoms with E-state index in [9.17, 15) is 0 Å². The minimum absolute atomic E-state index is 0.725. The average molecular weight is 184 g/mol. The molecule has 0 heterocycles. The molecule has 0 aliphatic heterocycles. The van der Waals surface area contributed by atoms with Gasteiger partial charge in [-0.15, -0.1) is 0 Å². The molecule has 5 N–H and O–H groups in total. The maximum Gasteiger partial charge on any atom is 0.0766 e. The van der Waals surface area contributed by atoms with E-state index < -0.39 is 9.99 Å². The summed E-state index contributed by atoms with van der Waals surface area (Å²) in [5.41, 5.74) is 1.87. The van der Waals surface area contributed by atoms with Crippen molar-refractivity contribution in [2.24, 2.45) is 5.14 Å². The molecule has 1 rings (SSSR count). The van der Waals surface area contributed by atoms with Gasteiger partial charge in [-0.25, -0.2) is 14.7 Å². The zero-order valence-electron chi connectivity index (χ0n) is 6.79. The quantitative estimate of drug-likeness (QED) is 0.565. The molecule has 0 saturated carbocycles. The normalized spacial score (nSPS) is 11.2. The Hall–Kier alpha value is -1.07. The molecule has 5 heteroatoms. The standard InChI is InChI=1S/C7H12N4S/c1-6-2-4-7(5-3-6)11-12(8,9)10/h2-5H,1H3,(H5,8,9,10,11). The Morgan fingerprint density at radius 1 is 1.25 bits per heavy atom. The summed E-state index contributed by atoms with van der Waals surface area (Å²) in [6.07, 6.45) is 0. The van der Waals surface area contributed by atoms with Crippen LogP contribution in [0.3, 0.4) is 0 Å². The van der Waals surface area contributed by atoms with E-state index in [1.165, 1.54) is 0 Å². The van der Waals surface area contributed by atoms with Crippen molar-refractivity contribution >= 4 is 15.7 Å². The van der Waals surface area contributed by atoms with Crippen LogP contribution in [-0.4, -0.2) is 0 Å². The van der Waals surface area contributed by atoms with Crippen LogP contribution in [0.25, 0.3) is 0 Å². The van der Waals surface area contributed by atoms with Gasteiger partial charge in [0.15, 0.2) is 0 Å². The summed E-state index contributed by atoms with van der Waals surface area (Å²) in [6.45, 7) is 1.98. The van der Waals surface area contributed by atoms with E-state index in [0.29, 0.717) is 0 Å². The van der Waals surface area contributed by atoms with Crippen molar-refractivity contribution in [1.29, 1.82) is 9.56 Å². The molecule has 0 atom stereocenters. The summed E-state index contributed by atoms with van der Waals surface area (Å²) in [5, 5.41) is 5.21. The Morgan fingerprint density at radius 2 is 1.75 bits per heavy atom. The van der Waals surface area contributed by atoms with Crippen LogP contribution in [0.1, 0.15) is 5.56 Å². The molecule has 1 aromatic carbocycles. The number of rotatable bonds is 2. The minimum atomic E-state index is -2.64. The Labute approximate surface area is 72.5 Å². The molecule has 0 aromatic heterocycles. The van der Waals surface area contributed by atoms with Crippen molar-refractivity contribution in [2.75, 3.05) is 4.72 Å². The molecule has 0 radical (unpaired) electrons. The lowest BCUT2D eigenvalue weighted by molar-refractivity contribution is 1.45. The van der Waals surface area contributed by atoms with E-state index in [2.05, 4.69) is 4.72 Å². The maximum atomic E-state index is 7.14. The summed E-state index contributed by atoms with van der Waals surface area (Å²) in [4.78, 5) is 0. The molecule has 0 aliphatic carbocycles. The Bertz CT molecular complexity index is 351. The fourth-order valence-electron chi connectivity index (χ4n) is 0.807. The van der Waals surface area contributed by atoms with Crippen LogP contribution in [0.2, 0.25) is 0 Å². The zero-order chi connectivity index (χ0) is 9.19. The van der Waals surface area contributed by atoms with E-state index in [0.717, 1.165) is 11.3 Å². The van der Waals surface area contributed by atoms with Gasteiger partial charge in [0.05, 0.1) is 9.99 Å². The molecule has 66 valence electrons. The fourth-order valence-corrected chi connectivity index (χ4v) is 1.32. The molecular weight excluding hydrogens is 172 g/mol. The van der Waals surface area contributed by atoms with Gasteiger partial charge in [0.25, 0.3) is 0 Å². The fraction of sp³-hybridized carbons (Fsp3) is 0.143. The largest absolute Gasteiger partial charge is 0.303 e. The SMILES string of the molecule is Cc1ccc(NS(=N)(=N)N)cc1. The molecule has 0 fully saturated rings. The molecular formula is C7H12N4S. The predicted molar refractivity (Wildman–Crippen MR) is 51.8 cm³/mol. The van der Waals surface area contributed by atoms with Crippen LogP contribution in [0.4, 0.5) is 5.69 Å². The molecule has 0 spiro atoms. The number of aryl methyl sites for hydroxylation is 1. The lowest BCUT2D eigenvalue weighted by atomic mass is 10.2. The van der Waals surface area contributed by atoms with Crippen LogP contribution < -0.4 is 9.86 Å². The number of nitrogens with one attached hydrogen (secondary N) is 3. The highest BCUT2D eigenvalue weighted by molar-refractivity contribution is 7.92. The molecule has 12 heavy (non-hydrogen) atoms. The number of hydrogen-bond donors (Lipinski definition) is 4. The second-order valence-corrected chi connectivity index (χ2v) is 4.15. The second kappa shape index (κ2) is 3.12. The highest BCUT2D eigenvalue weighted by atomic mass is 32.2. The topological polar surface area (TPSA) is 85.8 Å². The third-order valence-electron chi connectivity index (χ3n) is 1.33. The summed E-state index contributed by atoms with van der Waals surface area (Å²) >= 11 is 0. The maximum absolute atomic E-state index is 7.14. The van der Waals surface area contributed by atoms with Gasteiger partial charge in [0.1, 0.15) is 0 Å². The molecule has 0 saturated heterocycles. The predicted octanol–water partition coefficient (Wildman–Crippen LogP) is 1.87. The molecule has 0 bridgehead atoms. The van der Waals surface area contributed by atoms with Gasteiger partial charge in [-0.05, 0) is 19.1 Å². The average Bonchev–Trinajstić information content (AvgIpc) is 1.91. The molecule has 0 aliphatic rings. The van der Waals surface area contributed by atoms with Crippen LogP contribution >= 0.6 is 0 Å². The van der Waals surface area contributed by atoms with Gasteiger partial charge in [-0.1, -0.05) is 17.7 Å². The molecule has 0 unspecified atom stereocenters. The summed E-state index contributed by atoms with van der Waals surface area (Å²) < 4.78 is 16.9. The second-order valence-electron chi connectivity index (χ2n) is 2.63. The number of nitrogens with two attached hydrogens (primary N) is 1. The molecule has 1 aromatic rings. The monoisotopic (exact) mass is 184 g/mol. The molecule has 4 nitrogen and oxygen atoms in total. The van der Waals surface area contributed by atoms with Gasteiger partial charge in [0.2, 0.25) is 0 Å². The van der Waals surface area contributed by atoms with E-state index in [4.69, 9.17) is 14.7 Å². The summed E-state index contributed by atoms with van der Waals surface area (Å²) in [6, 6.07) is 7.45. The van der Waals surface area contributed by atoms with Gasteiger partial charge in [-0.2, -0.15) is 0 Å².